The molecule has 1 aliphatic heterocycles. The van der Waals surface area contributed by atoms with Crippen molar-refractivity contribution in [2.75, 3.05) is 13.2 Å². The van der Waals surface area contributed by atoms with Gasteiger partial charge >= 0.3 is 0 Å². The summed E-state index contributed by atoms with van der Waals surface area (Å²) < 4.78 is 5.70. The van der Waals surface area contributed by atoms with Crippen molar-refractivity contribution in [3.63, 3.8) is 0 Å². The highest BCUT2D eigenvalue weighted by Gasteiger charge is 2.31. The molecule has 1 rings (SSSR count). The van der Waals surface area contributed by atoms with Gasteiger partial charge in [-0.3, -0.25) is 0 Å². The molecular weight excluding hydrogens is 164 g/mol. The van der Waals surface area contributed by atoms with Crippen LogP contribution >= 0.6 is 0 Å². The van der Waals surface area contributed by atoms with Crippen molar-refractivity contribution >= 4 is 0 Å². The molecule has 1 unspecified atom stereocenters. The lowest BCUT2D eigenvalue weighted by atomic mass is 9.81. The number of hydrogen-bond acceptors (Lipinski definition) is 2. The molecule has 13 heavy (non-hydrogen) atoms. The molecule has 1 atom stereocenters. The number of hydrogen-bond donors (Lipinski definition) is 1. The van der Waals surface area contributed by atoms with E-state index in [1.54, 1.807) is 0 Å². The molecule has 1 heterocycles. The summed E-state index contributed by atoms with van der Waals surface area (Å²) in [4.78, 5) is 0. The maximum Gasteiger partial charge on any atom is 0.0857 e. The van der Waals surface area contributed by atoms with E-state index in [1.165, 1.54) is 5.57 Å². The van der Waals surface area contributed by atoms with E-state index < -0.39 is 0 Å². The molecule has 0 bridgehead atoms. The molecule has 2 heteroatoms. The van der Waals surface area contributed by atoms with Crippen molar-refractivity contribution in [2.45, 2.75) is 40.2 Å². The summed E-state index contributed by atoms with van der Waals surface area (Å²) in [5, 5.41) is 9.26. The molecule has 1 aliphatic rings. The quantitative estimate of drug-likeness (QED) is 0.633. The number of ether oxygens (including phenoxy) is 1. The van der Waals surface area contributed by atoms with Gasteiger partial charge < -0.3 is 9.84 Å². The molecule has 1 N–H and O–H groups in total. The van der Waals surface area contributed by atoms with Crippen LogP contribution in [0.25, 0.3) is 0 Å². The van der Waals surface area contributed by atoms with E-state index in [4.69, 9.17) is 4.74 Å². The first-order valence-electron chi connectivity index (χ1n) is 4.88. The van der Waals surface area contributed by atoms with Crippen LogP contribution in [0.1, 0.15) is 34.1 Å². The zero-order chi connectivity index (χ0) is 10.1. The molecule has 0 aromatic heterocycles. The third kappa shape index (κ3) is 2.32. The second-order valence-electron chi connectivity index (χ2n) is 4.83. The Balaban J connectivity index is 2.91. The molecule has 0 radical (unpaired) electrons. The van der Waals surface area contributed by atoms with E-state index in [9.17, 15) is 5.11 Å². The van der Waals surface area contributed by atoms with Crippen molar-refractivity contribution in [2.24, 2.45) is 5.41 Å². The molecule has 0 amide bonds. The van der Waals surface area contributed by atoms with Crippen LogP contribution in [-0.2, 0) is 4.74 Å². The van der Waals surface area contributed by atoms with Crippen LogP contribution in [-0.4, -0.2) is 24.4 Å². The smallest absolute Gasteiger partial charge is 0.0857 e. The molecule has 2 nitrogen and oxygen atoms in total. The van der Waals surface area contributed by atoms with Crippen LogP contribution in [0.2, 0.25) is 0 Å². The average Bonchev–Trinajstić information content (AvgIpc) is 2.02. The minimum atomic E-state index is 0.0831. The van der Waals surface area contributed by atoms with E-state index in [0.29, 0.717) is 0 Å². The van der Waals surface area contributed by atoms with Gasteiger partial charge in [0.2, 0.25) is 0 Å². The summed E-state index contributed by atoms with van der Waals surface area (Å²) in [5.74, 6) is 0. The monoisotopic (exact) mass is 184 g/mol. The largest absolute Gasteiger partial charge is 0.392 e. The van der Waals surface area contributed by atoms with Gasteiger partial charge in [0.1, 0.15) is 0 Å². The van der Waals surface area contributed by atoms with Crippen molar-refractivity contribution in [1.82, 2.24) is 0 Å². The lowest BCUT2D eigenvalue weighted by Crippen LogP contribution is -2.36. The van der Waals surface area contributed by atoms with Crippen LogP contribution in [0.3, 0.4) is 0 Å². The van der Waals surface area contributed by atoms with Gasteiger partial charge in [-0.05, 0) is 24.3 Å². The SMILES string of the molecule is CC1=C(CO)C(C(C)(C)C)OCC1. The molecule has 0 fully saturated rings. The summed E-state index contributed by atoms with van der Waals surface area (Å²) in [5.41, 5.74) is 2.46. The van der Waals surface area contributed by atoms with Crippen LogP contribution in [0.4, 0.5) is 0 Å². The topological polar surface area (TPSA) is 29.5 Å². The number of aliphatic hydroxyl groups excluding tert-OH is 1. The second-order valence-corrected chi connectivity index (χ2v) is 4.83. The van der Waals surface area contributed by atoms with E-state index in [2.05, 4.69) is 27.7 Å². The zero-order valence-electron chi connectivity index (χ0n) is 9.05. The molecule has 0 spiro atoms. The van der Waals surface area contributed by atoms with Crippen molar-refractivity contribution in [3.8, 4) is 0 Å². The predicted octanol–water partition coefficient (Wildman–Crippen LogP) is 2.13. The third-order valence-electron chi connectivity index (χ3n) is 2.58. The summed E-state index contributed by atoms with van der Waals surface area (Å²) in [6.07, 6.45) is 1.05. The fourth-order valence-corrected chi connectivity index (χ4v) is 1.81. The Hall–Kier alpha value is -0.340. The van der Waals surface area contributed by atoms with E-state index in [0.717, 1.165) is 18.6 Å². The van der Waals surface area contributed by atoms with Gasteiger partial charge in [-0.25, -0.2) is 0 Å². The molecule has 0 aromatic rings. The van der Waals surface area contributed by atoms with Gasteiger partial charge in [-0.15, -0.1) is 0 Å². The molecule has 76 valence electrons. The lowest BCUT2D eigenvalue weighted by Gasteiger charge is -2.36. The summed E-state index contributed by atoms with van der Waals surface area (Å²) in [6.45, 7) is 9.45. The highest BCUT2D eigenvalue weighted by molar-refractivity contribution is 5.21. The summed E-state index contributed by atoms with van der Waals surface area (Å²) in [7, 11) is 0. The zero-order valence-corrected chi connectivity index (χ0v) is 9.05. The van der Waals surface area contributed by atoms with Gasteiger partial charge in [-0.2, -0.15) is 0 Å². The fraction of sp³-hybridized carbons (Fsp3) is 0.818. The van der Waals surface area contributed by atoms with Crippen LogP contribution in [0.5, 0.6) is 0 Å². The van der Waals surface area contributed by atoms with Crippen molar-refractivity contribution in [3.05, 3.63) is 11.1 Å². The van der Waals surface area contributed by atoms with Gasteiger partial charge in [0.05, 0.1) is 19.3 Å². The minimum absolute atomic E-state index is 0.0831. The van der Waals surface area contributed by atoms with Gasteiger partial charge in [-0.1, -0.05) is 26.3 Å². The van der Waals surface area contributed by atoms with Crippen LogP contribution in [0, 0.1) is 5.41 Å². The van der Waals surface area contributed by atoms with Crippen molar-refractivity contribution in [1.29, 1.82) is 0 Å². The number of rotatable bonds is 1. The average molecular weight is 184 g/mol. The Morgan fingerprint density at radius 3 is 2.46 bits per heavy atom. The Labute approximate surface area is 80.6 Å². The summed E-state index contributed by atoms with van der Waals surface area (Å²) >= 11 is 0. The van der Waals surface area contributed by atoms with E-state index in [1.807, 2.05) is 0 Å². The Morgan fingerprint density at radius 1 is 1.46 bits per heavy atom. The maximum absolute atomic E-state index is 9.26. The predicted molar refractivity (Wildman–Crippen MR) is 53.6 cm³/mol. The van der Waals surface area contributed by atoms with E-state index >= 15 is 0 Å². The first kappa shape index (κ1) is 10.7. The Kier molecular flexibility index (Phi) is 3.14. The van der Waals surface area contributed by atoms with Crippen LogP contribution in [0.15, 0.2) is 11.1 Å². The standard InChI is InChI=1S/C11H20O2/c1-8-5-6-13-10(9(8)7-12)11(2,3)4/h10,12H,5-7H2,1-4H3. The molecule has 0 aromatic carbocycles. The van der Waals surface area contributed by atoms with Gasteiger partial charge in [0, 0.05) is 0 Å². The number of aliphatic hydroxyl groups is 1. The minimum Gasteiger partial charge on any atom is -0.392 e. The van der Waals surface area contributed by atoms with Gasteiger partial charge in [0.25, 0.3) is 0 Å². The first-order chi connectivity index (χ1) is 5.96. The maximum atomic E-state index is 9.26. The highest BCUT2D eigenvalue weighted by Crippen LogP contribution is 2.33. The molecular formula is C11H20O2. The highest BCUT2D eigenvalue weighted by atomic mass is 16.5. The van der Waals surface area contributed by atoms with Crippen LogP contribution < -0.4 is 0 Å². The summed E-state index contributed by atoms with van der Waals surface area (Å²) in [6, 6.07) is 0. The lowest BCUT2D eigenvalue weighted by molar-refractivity contribution is -0.00797. The fourth-order valence-electron chi connectivity index (χ4n) is 1.81. The molecule has 0 saturated carbocycles. The van der Waals surface area contributed by atoms with E-state index in [-0.39, 0.29) is 18.1 Å². The Morgan fingerprint density at radius 2 is 2.08 bits per heavy atom. The second kappa shape index (κ2) is 3.81. The first-order valence-corrected chi connectivity index (χ1v) is 4.88. The molecule has 0 saturated heterocycles. The normalized spacial score (nSPS) is 25.2. The third-order valence-corrected chi connectivity index (χ3v) is 2.58. The molecule has 0 aliphatic carbocycles. The van der Waals surface area contributed by atoms with Gasteiger partial charge in [0.15, 0.2) is 0 Å². The Bertz CT molecular complexity index is 211. The van der Waals surface area contributed by atoms with Crippen molar-refractivity contribution < 1.29 is 9.84 Å².